The van der Waals surface area contributed by atoms with E-state index in [0.717, 1.165) is 11.3 Å². The second-order valence-electron chi connectivity index (χ2n) is 7.19. The van der Waals surface area contributed by atoms with E-state index < -0.39 is 18.7 Å². The molecular weight excluding hydrogens is 420 g/mol. The number of nitro groups is 1. The third-order valence-corrected chi connectivity index (χ3v) is 6.18. The molecule has 0 radical (unpaired) electrons. The van der Waals surface area contributed by atoms with Crippen LogP contribution in [0, 0.1) is 16.0 Å². The molecule has 3 N–H and O–H groups in total. The van der Waals surface area contributed by atoms with E-state index in [1.165, 1.54) is 6.07 Å². The molecule has 2 fully saturated rings. The van der Waals surface area contributed by atoms with Crippen LogP contribution in [0.3, 0.4) is 0 Å². The summed E-state index contributed by atoms with van der Waals surface area (Å²) in [4.78, 5) is 27.9. The second kappa shape index (κ2) is 8.58. The summed E-state index contributed by atoms with van der Waals surface area (Å²) in [7, 11) is 0. The number of ether oxygens (including phenoxy) is 1. The molecule has 4 atom stereocenters. The molecule has 1 aromatic carbocycles. The van der Waals surface area contributed by atoms with Crippen molar-refractivity contribution < 1.29 is 23.2 Å². The minimum atomic E-state index is -2.96. The maximum atomic E-state index is 12.8. The maximum absolute atomic E-state index is 12.8. The highest BCUT2D eigenvalue weighted by molar-refractivity contribution is 7.14. The van der Waals surface area contributed by atoms with Crippen molar-refractivity contribution in [3.05, 3.63) is 39.8 Å². The molecule has 2 aliphatic rings. The van der Waals surface area contributed by atoms with Gasteiger partial charge >= 0.3 is 6.61 Å². The number of hydrogen-bond donors (Lipinski definition) is 3. The van der Waals surface area contributed by atoms with Gasteiger partial charge in [-0.2, -0.15) is 8.78 Å². The fraction of sp³-hybridized carbons (Fsp3) is 0.444. The number of fused-ring (bicyclic) bond motifs is 1. The van der Waals surface area contributed by atoms with Gasteiger partial charge in [-0.1, -0.05) is 12.1 Å². The van der Waals surface area contributed by atoms with Crippen LogP contribution in [0.2, 0.25) is 0 Å². The van der Waals surface area contributed by atoms with E-state index in [2.05, 4.69) is 25.9 Å². The summed E-state index contributed by atoms with van der Waals surface area (Å²) in [5.74, 6) is -0.557. The number of amides is 1. The van der Waals surface area contributed by atoms with Crippen molar-refractivity contribution in [1.82, 2.24) is 15.8 Å². The average molecular weight is 439 g/mol. The van der Waals surface area contributed by atoms with Gasteiger partial charge in [0.05, 0.1) is 5.69 Å². The van der Waals surface area contributed by atoms with Crippen LogP contribution in [0.15, 0.2) is 29.6 Å². The van der Waals surface area contributed by atoms with E-state index in [1.54, 1.807) is 23.6 Å². The van der Waals surface area contributed by atoms with Crippen LogP contribution in [0.25, 0.3) is 11.3 Å². The molecule has 30 heavy (non-hydrogen) atoms. The molecule has 0 bridgehead atoms. The molecule has 1 aliphatic heterocycles. The van der Waals surface area contributed by atoms with Crippen LogP contribution in [0.1, 0.15) is 19.3 Å². The van der Waals surface area contributed by atoms with E-state index in [9.17, 15) is 23.7 Å². The Morgan fingerprint density at radius 1 is 1.33 bits per heavy atom. The third kappa shape index (κ3) is 4.25. The van der Waals surface area contributed by atoms with Gasteiger partial charge in [0, 0.05) is 40.7 Å². The average Bonchev–Trinajstić information content (AvgIpc) is 3.34. The van der Waals surface area contributed by atoms with Crippen LogP contribution in [0.5, 0.6) is 5.75 Å². The fourth-order valence-corrected chi connectivity index (χ4v) is 4.71. The number of benzene rings is 1. The first-order chi connectivity index (χ1) is 14.4. The maximum Gasteiger partial charge on any atom is 0.387 e. The van der Waals surface area contributed by atoms with Crippen LogP contribution >= 0.6 is 11.3 Å². The van der Waals surface area contributed by atoms with E-state index in [-0.39, 0.29) is 28.5 Å². The number of nitrogens with zero attached hydrogens (tertiary/aromatic N) is 2. The summed E-state index contributed by atoms with van der Waals surface area (Å²) in [6.07, 6.45) is 1.42. The number of hydrazine groups is 1. The quantitative estimate of drug-likeness (QED) is 0.468. The topological polar surface area (TPSA) is 118 Å². The Kier molecular flexibility index (Phi) is 5.88. The van der Waals surface area contributed by atoms with Crippen molar-refractivity contribution in [2.24, 2.45) is 5.92 Å². The Bertz CT molecular complexity index is 943. The molecule has 1 saturated heterocycles. The number of para-hydroxylation sites is 1. The highest BCUT2D eigenvalue weighted by Crippen LogP contribution is 2.34. The first kappa shape index (κ1) is 20.6. The number of alkyl halides is 2. The zero-order chi connectivity index (χ0) is 21.3. The fourth-order valence-electron chi connectivity index (χ4n) is 4.00. The van der Waals surface area contributed by atoms with Gasteiger partial charge in [-0.05, 0) is 18.6 Å². The molecule has 160 valence electrons. The van der Waals surface area contributed by atoms with Gasteiger partial charge in [0.25, 0.3) is 0 Å². The van der Waals surface area contributed by atoms with E-state index >= 15 is 0 Å². The lowest BCUT2D eigenvalue weighted by atomic mass is 9.79. The highest BCUT2D eigenvalue weighted by atomic mass is 32.1. The van der Waals surface area contributed by atoms with Crippen molar-refractivity contribution in [2.45, 2.75) is 44.0 Å². The first-order valence-electron chi connectivity index (χ1n) is 9.37. The SMILES string of the molecule is O=C(Nc1nc(-c2ccccc2OC(F)F)cs1)C1NNC2CCC([N+](=O)[O-])CC21. The monoisotopic (exact) mass is 439 g/mol. The zero-order valence-corrected chi connectivity index (χ0v) is 16.4. The molecule has 12 heteroatoms. The first-order valence-corrected chi connectivity index (χ1v) is 10.3. The molecule has 2 heterocycles. The molecule has 2 aromatic rings. The van der Waals surface area contributed by atoms with Crippen molar-refractivity contribution in [3.63, 3.8) is 0 Å². The Balaban J connectivity index is 1.46. The molecule has 4 unspecified atom stereocenters. The number of carbonyl (C=O) groups is 1. The number of anilines is 1. The Morgan fingerprint density at radius 3 is 2.90 bits per heavy atom. The Morgan fingerprint density at radius 2 is 2.13 bits per heavy atom. The van der Waals surface area contributed by atoms with Crippen LogP contribution in [-0.4, -0.2) is 40.6 Å². The normalized spacial score (nSPS) is 25.7. The van der Waals surface area contributed by atoms with Crippen LogP contribution < -0.4 is 20.9 Å². The number of carbonyl (C=O) groups excluding carboxylic acids is 1. The van der Waals surface area contributed by atoms with Gasteiger partial charge in [-0.3, -0.25) is 20.3 Å². The number of aromatic nitrogens is 1. The minimum Gasteiger partial charge on any atom is -0.434 e. The summed E-state index contributed by atoms with van der Waals surface area (Å²) < 4.78 is 29.8. The lowest BCUT2D eigenvalue weighted by Gasteiger charge is -2.28. The summed E-state index contributed by atoms with van der Waals surface area (Å²) in [6.45, 7) is -2.96. The van der Waals surface area contributed by atoms with Gasteiger partial charge in [-0.25, -0.2) is 10.4 Å². The number of hydrogen-bond acceptors (Lipinski definition) is 8. The Hall–Kier alpha value is -2.70. The van der Waals surface area contributed by atoms with Crippen LogP contribution in [0.4, 0.5) is 13.9 Å². The van der Waals surface area contributed by atoms with Gasteiger partial charge < -0.3 is 10.1 Å². The molecule has 1 saturated carbocycles. The summed E-state index contributed by atoms with van der Waals surface area (Å²) in [6, 6.07) is 5.00. The van der Waals surface area contributed by atoms with Gasteiger partial charge in [0.1, 0.15) is 11.8 Å². The summed E-state index contributed by atoms with van der Waals surface area (Å²) >= 11 is 1.15. The van der Waals surface area contributed by atoms with Crippen molar-refractivity contribution in [1.29, 1.82) is 0 Å². The molecule has 4 rings (SSSR count). The molecular formula is C18H19F2N5O4S. The van der Waals surface area contributed by atoms with Crippen molar-refractivity contribution >= 4 is 22.4 Å². The number of nitrogens with one attached hydrogen (secondary N) is 3. The van der Waals surface area contributed by atoms with Crippen LogP contribution in [-0.2, 0) is 4.79 Å². The number of halogens is 2. The Labute approximate surface area is 174 Å². The lowest BCUT2D eigenvalue weighted by molar-refractivity contribution is -0.528. The van der Waals surface area contributed by atoms with Gasteiger partial charge in [0.15, 0.2) is 5.13 Å². The third-order valence-electron chi connectivity index (χ3n) is 5.42. The molecule has 1 aromatic heterocycles. The zero-order valence-electron chi connectivity index (χ0n) is 15.6. The second-order valence-corrected chi connectivity index (χ2v) is 8.05. The molecule has 0 spiro atoms. The van der Waals surface area contributed by atoms with Crippen molar-refractivity contribution in [2.75, 3.05) is 5.32 Å². The predicted octanol–water partition coefficient (Wildman–Crippen LogP) is 2.64. The highest BCUT2D eigenvalue weighted by Gasteiger charge is 2.46. The number of thiazole rings is 1. The summed E-state index contributed by atoms with van der Waals surface area (Å²) in [5.41, 5.74) is 6.77. The molecule has 1 aliphatic carbocycles. The predicted molar refractivity (Wildman–Crippen MR) is 105 cm³/mol. The van der Waals surface area contributed by atoms with E-state index in [4.69, 9.17) is 0 Å². The number of rotatable bonds is 6. The largest absolute Gasteiger partial charge is 0.434 e. The van der Waals surface area contributed by atoms with E-state index in [1.807, 2.05) is 0 Å². The van der Waals surface area contributed by atoms with E-state index in [0.29, 0.717) is 35.7 Å². The van der Waals surface area contributed by atoms with Crippen molar-refractivity contribution in [3.8, 4) is 17.0 Å². The standard InChI is InChI=1S/C18H19F2N5O4S/c19-17(20)29-14-4-2-1-3-10(14)13-8-30-18(21-13)22-16(26)15-11-7-9(25(27)28)5-6-12(11)23-24-15/h1-4,8-9,11-12,15,17,23-24H,5-7H2,(H,21,22,26). The van der Waals surface area contributed by atoms with Gasteiger partial charge in [-0.15, -0.1) is 11.3 Å². The molecule has 1 amide bonds. The smallest absolute Gasteiger partial charge is 0.387 e. The minimum absolute atomic E-state index is 0.00202. The lowest BCUT2D eigenvalue weighted by Crippen LogP contribution is -2.44. The molecule has 9 nitrogen and oxygen atoms in total. The summed E-state index contributed by atoms with van der Waals surface area (Å²) in [5, 5.41) is 15.8. The van der Waals surface area contributed by atoms with Gasteiger partial charge in [0.2, 0.25) is 11.9 Å².